The third kappa shape index (κ3) is 3.37. The number of nitrogens with zero attached hydrogens (tertiary/aromatic N) is 1. The van der Waals surface area contributed by atoms with Crippen molar-refractivity contribution in [3.8, 4) is 6.07 Å². The van der Waals surface area contributed by atoms with Gasteiger partial charge in [-0.25, -0.2) is 0 Å². The summed E-state index contributed by atoms with van der Waals surface area (Å²) in [4.78, 5) is 12.0. The standard InChI is InChI=1S/C15H11BrN2O2/c1-10-6-7-12(20-10)8-11(9-17)15(19)18-14-5-3-2-4-13(14)16/h2-8H,1H3,(H,18,19)/b11-8+. The molecule has 0 aliphatic rings. The van der Waals surface area contributed by atoms with Crippen LogP contribution in [0.5, 0.6) is 0 Å². The molecule has 20 heavy (non-hydrogen) atoms. The van der Waals surface area contributed by atoms with Gasteiger partial charge < -0.3 is 9.73 Å². The third-order valence-electron chi connectivity index (χ3n) is 2.53. The number of carbonyl (C=O) groups excluding carboxylic acids is 1. The van der Waals surface area contributed by atoms with Crippen LogP contribution < -0.4 is 5.32 Å². The molecule has 0 saturated heterocycles. The molecule has 0 radical (unpaired) electrons. The molecule has 1 aromatic heterocycles. The monoisotopic (exact) mass is 330 g/mol. The van der Waals surface area contributed by atoms with Crippen LogP contribution in [0.1, 0.15) is 11.5 Å². The minimum atomic E-state index is -0.478. The first-order valence-electron chi connectivity index (χ1n) is 5.84. The second kappa shape index (κ2) is 6.22. The summed E-state index contributed by atoms with van der Waals surface area (Å²) in [5.74, 6) is 0.717. The number of nitriles is 1. The highest BCUT2D eigenvalue weighted by molar-refractivity contribution is 9.10. The molecule has 0 aliphatic carbocycles. The van der Waals surface area contributed by atoms with Crippen molar-refractivity contribution in [2.75, 3.05) is 5.32 Å². The fraction of sp³-hybridized carbons (Fsp3) is 0.0667. The van der Waals surface area contributed by atoms with E-state index in [0.29, 0.717) is 11.4 Å². The summed E-state index contributed by atoms with van der Waals surface area (Å²) in [7, 11) is 0. The van der Waals surface area contributed by atoms with E-state index in [2.05, 4.69) is 21.2 Å². The molecule has 2 rings (SSSR count). The Balaban J connectivity index is 2.21. The maximum atomic E-state index is 12.0. The Kier molecular flexibility index (Phi) is 4.38. The van der Waals surface area contributed by atoms with Crippen molar-refractivity contribution >= 4 is 33.6 Å². The molecule has 1 N–H and O–H groups in total. The predicted molar refractivity (Wildman–Crippen MR) is 79.8 cm³/mol. The Morgan fingerprint density at radius 3 is 2.70 bits per heavy atom. The molecule has 0 spiro atoms. The number of rotatable bonds is 3. The molecule has 1 amide bonds. The molecule has 4 nitrogen and oxygen atoms in total. The summed E-state index contributed by atoms with van der Waals surface area (Å²) < 4.78 is 6.07. The smallest absolute Gasteiger partial charge is 0.266 e. The van der Waals surface area contributed by atoms with E-state index in [1.807, 2.05) is 12.1 Å². The molecule has 0 atom stereocenters. The predicted octanol–water partition coefficient (Wildman–Crippen LogP) is 3.90. The molecule has 0 saturated carbocycles. The van der Waals surface area contributed by atoms with Crippen LogP contribution >= 0.6 is 15.9 Å². The molecule has 1 aromatic carbocycles. The van der Waals surface area contributed by atoms with Crippen molar-refractivity contribution < 1.29 is 9.21 Å². The average Bonchev–Trinajstić information content (AvgIpc) is 2.84. The lowest BCUT2D eigenvalue weighted by molar-refractivity contribution is -0.112. The number of aryl methyl sites for hydroxylation is 1. The van der Waals surface area contributed by atoms with Gasteiger partial charge in [-0.3, -0.25) is 4.79 Å². The Bertz CT molecular complexity index is 711. The Labute approximate surface area is 124 Å². The highest BCUT2D eigenvalue weighted by Crippen LogP contribution is 2.22. The summed E-state index contributed by atoms with van der Waals surface area (Å²) in [6, 6.07) is 12.5. The Morgan fingerprint density at radius 2 is 2.10 bits per heavy atom. The van der Waals surface area contributed by atoms with Gasteiger partial charge in [0.25, 0.3) is 5.91 Å². The van der Waals surface area contributed by atoms with Gasteiger partial charge in [0.05, 0.1) is 5.69 Å². The lowest BCUT2D eigenvalue weighted by Gasteiger charge is -2.05. The van der Waals surface area contributed by atoms with Crippen LogP contribution in [0, 0.1) is 18.3 Å². The number of halogens is 1. The van der Waals surface area contributed by atoms with Gasteiger partial charge in [0.15, 0.2) is 0 Å². The quantitative estimate of drug-likeness (QED) is 0.685. The molecule has 0 aliphatic heterocycles. The zero-order valence-electron chi connectivity index (χ0n) is 10.7. The Hall–Kier alpha value is -2.32. The van der Waals surface area contributed by atoms with Gasteiger partial charge in [-0.1, -0.05) is 12.1 Å². The molecule has 0 bridgehead atoms. The van der Waals surface area contributed by atoms with Crippen LogP contribution in [0.4, 0.5) is 5.69 Å². The van der Waals surface area contributed by atoms with Gasteiger partial charge in [-0.05, 0) is 47.1 Å². The fourth-order valence-electron chi connectivity index (χ4n) is 1.57. The van der Waals surface area contributed by atoms with Crippen LogP contribution in [-0.4, -0.2) is 5.91 Å². The van der Waals surface area contributed by atoms with Gasteiger partial charge in [0.2, 0.25) is 0 Å². The van der Waals surface area contributed by atoms with Crippen molar-refractivity contribution in [3.63, 3.8) is 0 Å². The molecule has 5 heteroatoms. The van der Waals surface area contributed by atoms with Crippen molar-refractivity contribution in [1.29, 1.82) is 5.26 Å². The maximum absolute atomic E-state index is 12.0. The van der Waals surface area contributed by atoms with Crippen molar-refractivity contribution in [3.05, 3.63) is 58.0 Å². The molecule has 0 unspecified atom stereocenters. The minimum absolute atomic E-state index is 0.0184. The summed E-state index contributed by atoms with van der Waals surface area (Å²) in [5, 5.41) is 11.7. The first-order chi connectivity index (χ1) is 9.60. The summed E-state index contributed by atoms with van der Waals surface area (Å²) in [6.45, 7) is 1.80. The van der Waals surface area contributed by atoms with Gasteiger partial charge >= 0.3 is 0 Å². The first-order valence-corrected chi connectivity index (χ1v) is 6.63. The summed E-state index contributed by atoms with van der Waals surface area (Å²) in [6.07, 6.45) is 1.42. The first kappa shape index (κ1) is 14.1. The normalized spacial score (nSPS) is 10.9. The number of anilines is 1. The van der Waals surface area contributed by atoms with E-state index in [1.165, 1.54) is 6.08 Å². The molecular formula is C15H11BrN2O2. The molecule has 0 fully saturated rings. The number of carbonyl (C=O) groups is 1. The third-order valence-corrected chi connectivity index (χ3v) is 3.23. The van der Waals surface area contributed by atoms with Crippen LogP contribution in [0.15, 0.2) is 50.9 Å². The van der Waals surface area contributed by atoms with Crippen LogP contribution in [0.3, 0.4) is 0 Å². The number of hydrogen-bond acceptors (Lipinski definition) is 3. The largest absolute Gasteiger partial charge is 0.462 e. The van der Waals surface area contributed by atoms with Crippen LogP contribution in [0.25, 0.3) is 6.08 Å². The van der Waals surface area contributed by atoms with Crippen molar-refractivity contribution in [2.45, 2.75) is 6.92 Å². The van der Waals surface area contributed by atoms with Crippen molar-refractivity contribution in [1.82, 2.24) is 0 Å². The zero-order chi connectivity index (χ0) is 14.5. The second-order valence-corrected chi connectivity index (χ2v) is 4.91. The van der Waals surface area contributed by atoms with E-state index in [-0.39, 0.29) is 5.57 Å². The van der Waals surface area contributed by atoms with Gasteiger partial charge in [0, 0.05) is 10.5 Å². The van der Waals surface area contributed by atoms with E-state index in [4.69, 9.17) is 9.68 Å². The lowest BCUT2D eigenvalue weighted by atomic mass is 10.2. The fourth-order valence-corrected chi connectivity index (χ4v) is 1.96. The average molecular weight is 331 g/mol. The molecule has 1 heterocycles. The molecular weight excluding hydrogens is 320 g/mol. The van der Waals surface area contributed by atoms with Gasteiger partial charge in [0.1, 0.15) is 23.2 Å². The van der Waals surface area contributed by atoms with Gasteiger partial charge in [-0.15, -0.1) is 0 Å². The lowest BCUT2D eigenvalue weighted by Crippen LogP contribution is -2.13. The number of nitrogens with one attached hydrogen (secondary N) is 1. The summed E-state index contributed by atoms with van der Waals surface area (Å²) >= 11 is 3.33. The second-order valence-electron chi connectivity index (χ2n) is 4.05. The SMILES string of the molecule is Cc1ccc(/C=C(\C#N)C(=O)Nc2ccccc2Br)o1. The maximum Gasteiger partial charge on any atom is 0.266 e. The van der Waals surface area contributed by atoms with E-state index in [0.717, 1.165) is 10.2 Å². The topological polar surface area (TPSA) is 66.0 Å². The van der Waals surface area contributed by atoms with E-state index >= 15 is 0 Å². The number of furan rings is 1. The highest BCUT2D eigenvalue weighted by atomic mass is 79.9. The zero-order valence-corrected chi connectivity index (χ0v) is 12.3. The molecule has 2 aromatic rings. The van der Waals surface area contributed by atoms with E-state index in [1.54, 1.807) is 37.3 Å². The van der Waals surface area contributed by atoms with E-state index < -0.39 is 5.91 Å². The summed E-state index contributed by atoms with van der Waals surface area (Å²) in [5.41, 5.74) is 0.587. The van der Waals surface area contributed by atoms with E-state index in [9.17, 15) is 4.79 Å². The Morgan fingerprint density at radius 1 is 1.35 bits per heavy atom. The highest BCUT2D eigenvalue weighted by Gasteiger charge is 2.11. The molecule has 100 valence electrons. The van der Waals surface area contributed by atoms with Crippen molar-refractivity contribution in [2.24, 2.45) is 0 Å². The van der Waals surface area contributed by atoms with Gasteiger partial charge in [-0.2, -0.15) is 5.26 Å². The van der Waals surface area contributed by atoms with Crippen LogP contribution in [-0.2, 0) is 4.79 Å². The number of amides is 1. The number of para-hydroxylation sites is 1. The van der Waals surface area contributed by atoms with Crippen LogP contribution in [0.2, 0.25) is 0 Å². The number of hydrogen-bond donors (Lipinski definition) is 1. The number of benzene rings is 1. The minimum Gasteiger partial charge on any atom is -0.462 e.